The van der Waals surface area contributed by atoms with Crippen molar-refractivity contribution in [1.82, 2.24) is 25.2 Å². The molecule has 1 N–H and O–H groups in total. The number of para-hydroxylation sites is 1. The van der Waals surface area contributed by atoms with Gasteiger partial charge in [-0.15, -0.1) is 5.10 Å². The normalized spacial score (nSPS) is 13.3. The van der Waals surface area contributed by atoms with Crippen molar-refractivity contribution in [2.24, 2.45) is 0 Å². The molecule has 3 aromatic carbocycles. The van der Waals surface area contributed by atoms with Crippen LogP contribution in [0.5, 0.6) is 11.5 Å². The van der Waals surface area contributed by atoms with Crippen molar-refractivity contribution in [3.8, 4) is 11.5 Å². The molecule has 10 heteroatoms. The number of benzene rings is 3. The molecular weight excluding hydrogens is 501 g/mol. The highest BCUT2D eigenvalue weighted by Crippen LogP contribution is 2.34. The maximum Gasteiger partial charge on any atom is 0.247 e. The van der Waals surface area contributed by atoms with E-state index in [9.17, 15) is 14.0 Å². The fourth-order valence-corrected chi connectivity index (χ4v) is 4.42. The predicted molar refractivity (Wildman–Crippen MR) is 142 cm³/mol. The highest BCUT2D eigenvalue weighted by atomic mass is 19.1. The Balaban J connectivity index is 1.55. The van der Waals surface area contributed by atoms with E-state index in [1.165, 1.54) is 33.8 Å². The molecule has 39 heavy (non-hydrogen) atoms. The maximum atomic E-state index is 14.0. The highest BCUT2D eigenvalue weighted by molar-refractivity contribution is 5.89. The third-order valence-electron chi connectivity index (χ3n) is 6.91. The number of aromatic nitrogens is 3. The molecule has 4 aromatic rings. The van der Waals surface area contributed by atoms with Crippen molar-refractivity contribution in [2.75, 3.05) is 6.79 Å². The van der Waals surface area contributed by atoms with Gasteiger partial charge in [0, 0.05) is 12.1 Å². The van der Waals surface area contributed by atoms with Crippen LogP contribution < -0.4 is 14.8 Å². The first kappa shape index (κ1) is 26.1. The van der Waals surface area contributed by atoms with Crippen LogP contribution in [0.3, 0.4) is 0 Å². The molecule has 0 saturated heterocycles. The van der Waals surface area contributed by atoms with Gasteiger partial charge in [0.15, 0.2) is 11.5 Å². The van der Waals surface area contributed by atoms with Crippen molar-refractivity contribution >= 4 is 22.8 Å². The van der Waals surface area contributed by atoms with Gasteiger partial charge in [-0.2, -0.15) is 0 Å². The van der Waals surface area contributed by atoms with Gasteiger partial charge in [0.2, 0.25) is 18.6 Å². The van der Waals surface area contributed by atoms with E-state index in [4.69, 9.17) is 9.47 Å². The summed E-state index contributed by atoms with van der Waals surface area (Å²) >= 11 is 0. The minimum absolute atomic E-state index is 0.0874. The summed E-state index contributed by atoms with van der Waals surface area (Å²) in [4.78, 5) is 29.4. The summed E-state index contributed by atoms with van der Waals surface area (Å²) in [7, 11) is 0. The summed E-state index contributed by atoms with van der Waals surface area (Å²) < 4.78 is 26.4. The molecule has 0 saturated carbocycles. The molecule has 1 aliphatic heterocycles. The van der Waals surface area contributed by atoms with Crippen LogP contribution in [-0.2, 0) is 22.7 Å². The smallest absolute Gasteiger partial charge is 0.247 e. The Kier molecular flexibility index (Phi) is 7.19. The maximum absolute atomic E-state index is 14.0. The lowest BCUT2D eigenvalue weighted by atomic mass is 9.98. The van der Waals surface area contributed by atoms with E-state index >= 15 is 0 Å². The summed E-state index contributed by atoms with van der Waals surface area (Å²) in [6, 6.07) is 17.3. The number of nitrogens with zero attached hydrogens (tertiary/aromatic N) is 4. The molecule has 0 fully saturated rings. The zero-order chi connectivity index (χ0) is 27.6. The number of halogens is 1. The summed E-state index contributed by atoms with van der Waals surface area (Å²) in [5.41, 5.74) is 2.06. The molecule has 0 aliphatic carbocycles. The number of carbonyl (C=O) groups excluding carboxylic acids is 2. The lowest BCUT2D eigenvalue weighted by Gasteiger charge is -2.34. The van der Waals surface area contributed by atoms with Crippen LogP contribution in [0.4, 0.5) is 4.39 Å². The van der Waals surface area contributed by atoms with Gasteiger partial charge in [-0.25, -0.2) is 9.07 Å². The number of hydrogen-bond acceptors (Lipinski definition) is 6. The van der Waals surface area contributed by atoms with Crippen molar-refractivity contribution in [2.45, 2.75) is 51.9 Å². The van der Waals surface area contributed by atoms with Crippen LogP contribution in [-0.4, -0.2) is 44.0 Å². The van der Waals surface area contributed by atoms with E-state index in [-0.39, 0.29) is 31.7 Å². The minimum Gasteiger partial charge on any atom is -0.454 e. The quantitative estimate of drug-likeness (QED) is 0.344. The number of ether oxygens (including phenoxy) is 2. The Morgan fingerprint density at radius 3 is 2.59 bits per heavy atom. The Bertz CT molecular complexity index is 1500. The predicted octanol–water partition coefficient (Wildman–Crippen LogP) is 4.37. The highest BCUT2D eigenvalue weighted by Gasteiger charge is 2.34. The third kappa shape index (κ3) is 5.69. The Hall–Kier alpha value is -4.47. The summed E-state index contributed by atoms with van der Waals surface area (Å²) in [5, 5.41) is 11.4. The fourth-order valence-electron chi connectivity index (χ4n) is 4.42. The average Bonchev–Trinajstić information content (AvgIpc) is 3.56. The number of carbonyl (C=O) groups is 2. The molecule has 2 amide bonds. The molecule has 1 aliphatic rings. The monoisotopic (exact) mass is 531 g/mol. The molecule has 2 heterocycles. The molecule has 1 atom stereocenters. The topological polar surface area (TPSA) is 98.6 Å². The van der Waals surface area contributed by atoms with E-state index in [0.29, 0.717) is 34.5 Å². The third-order valence-corrected chi connectivity index (χ3v) is 6.91. The second kappa shape index (κ2) is 10.7. The number of amides is 2. The van der Waals surface area contributed by atoms with Gasteiger partial charge >= 0.3 is 0 Å². The van der Waals surface area contributed by atoms with Gasteiger partial charge in [-0.3, -0.25) is 9.59 Å². The first-order valence-electron chi connectivity index (χ1n) is 12.8. The largest absolute Gasteiger partial charge is 0.454 e. The first-order chi connectivity index (χ1) is 18.7. The van der Waals surface area contributed by atoms with E-state index < -0.39 is 17.4 Å². The fraction of sp³-hybridized carbons (Fsp3) is 0.310. The Morgan fingerprint density at radius 1 is 1.08 bits per heavy atom. The van der Waals surface area contributed by atoms with Crippen LogP contribution in [0.15, 0.2) is 66.7 Å². The molecular formula is C29H30FN5O4. The summed E-state index contributed by atoms with van der Waals surface area (Å²) in [5.74, 6) is 0.0166. The van der Waals surface area contributed by atoms with E-state index in [2.05, 4.69) is 15.6 Å². The molecule has 0 radical (unpaired) electrons. The molecule has 1 aromatic heterocycles. The van der Waals surface area contributed by atoms with Crippen LogP contribution in [0.1, 0.15) is 44.4 Å². The Morgan fingerprint density at radius 2 is 1.82 bits per heavy atom. The molecule has 5 rings (SSSR count). The van der Waals surface area contributed by atoms with Gasteiger partial charge in [0.1, 0.15) is 23.9 Å². The lowest BCUT2D eigenvalue weighted by Crippen LogP contribution is -2.50. The second-order valence-electron chi connectivity index (χ2n) is 10.1. The van der Waals surface area contributed by atoms with E-state index in [1.807, 2.05) is 51.1 Å². The number of rotatable bonds is 9. The van der Waals surface area contributed by atoms with Gasteiger partial charge < -0.3 is 19.7 Å². The molecule has 202 valence electrons. The second-order valence-corrected chi connectivity index (χ2v) is 10.1. The number of nitrogens with one attached hydrogen (secondary N) is 1. The van der Waals surface area contributed by atoms with Crippen LogP contribution in [0.25, 0.3) is 11.0 Å². The van der Waals surface area contributed by atoms with Crippen molar-refractivity contribution in [3.63, 3.8) is 0 Å². The van der Waals surface area contributed by atoms with E-state index in [0.717, 1.165) is 5.56 Å². The SMILES string of the molecule is CCC(C)(C)NC(=O)[C@H](c1ccc(F)cc1)N(Cc1ccc2c(c1)OCO2)C(=O)Cn1nnc2ccccc21. The number of fused-ring (bicyclic) bond motifs is 2. The summed E-state index contributed by atoms with van der Waals surface area (Å²) in [6.07, 6.45) is 0.677. The van der Waals surface area contributed by atoms with Crippen LogP contribution in [0, 0.1) is 5.82 Å². The standard InChI is InChI=1S/C29H30FN5O4/c1-4-29(2,3)31-28(37)27(20-10-12-21(30)13-11-20)34(16-19-9-14-24-25(15-19)39-18-38-24)26(36)17-35-23-8-6-5-7-22(23)32-33-35/h5-15,27H,4,16-18H2,1-3H3,(H,31,37)/t27-/m0/s1. The molecule has 0 unspecified atom stereocenters. The summed E-state index contributed by atoms with van der Waals surface area (Å²) in [6.45, 7) is 5.86. The van der Waals surface area contributed by atoms with Gasteiger partial charge in [-0.1, -0.05) is 42.5 Å². The number of hydrogen-bond donors (Lipinski definition) is 1. The first-order valence-corrected chi connectivity index (χ1v) is 12.8. The van der Waals surface area contributed by atoms with E-state index in [1.54, 1.807) is 12.1 Å². The van der Waals surface area contributed by atoms with Gasteiger partial charge in [-0.05, 0) is 67.8 Å². The van der Waals surface area contributed by atoms with Crippen molar-refractivity contribution in [3.05, 3.63) is 83.7 Å². The minimum atomic E-state index is -1.04. The van der Waals surface area contributed by atoms with Crippen LogP contribution in [0.2, 0.25) is 0 Å². The van der Waals surface area contributed by atoms with Crippen molar-refractivity contribution < 1.29 is 23.5 Å². The zero-order valence-corrected chi connectivity index (χ0v) is 22.1. The van der Waals surface area contributed by atoms with Gasteiger partial charge in [0.05, 0.1) is 5.52 Å². The zero-order valence-electron chi connectivity index (χ0n) is 22.1. The molecule has 9 nitrogen and oxygen atoms in total. The average molecular weight is 532 g/mol. The Labute approximate surface area is 225 Å². The lowest BCUT2D eigenvalue weighted by molar-refractivity contribution is -0.143. The molecule has 0 spiro atoms. The van der Waals surface area contributed by atoms with Crippen LogP contribution >= 0.6 is 0 Å². The van der Waals surface area contributed by atoms with Gasteiger partial charge in [0.25, 0.3) is 0 Å². The molecule has 0 bridgehead atoms. The van der Waals surface area contributed by atoms with Crippen molar-refractivity contribution in [1.29, 1.82) is 0 Å².